The van der Waals surface area contributed by atoms with Crippen molar-refractivity contribution in [3.05, 3.63) is 47.4 Å². The molecule has 0 aliphatic rings. The van der Waals surface area contributed by atoms with Gasteiger partial charge < -0.3 is 4.74 Å². The molecule has 0 saturated heterocycles. The molecule has 0 aliphatic heterocycles. The zero-order valence-electron chi connectivity index (χ0n) is 6.40. The van der Waals surface area contributed by atoms with E-state index in [1.54, 1.807) is 24.3 Å². The van der Waals surface area contributed by atoms with Crippen LogP contribution < -0.4 is 0 Å². The summed E-state index contributed by atoms with van der Waals surface area (Å²) in [5, 5.41) is 1.83. The number of carbonyl (C=O) groups is 1. The molecule has 0 N–H and O–H groups in total. The summed E-state index contributed by atoms with van der Waals surface area (Å²) in [5.74, 6) is -0.330. The Morgan fingerprint density at radius 2 is 2.50 bits per heavy atom. The molecule has 0 spiro atoms. The van der Waals surface area contributed by atoms with E-state index >= 15 is 0 Å². The highest BCUT2D eigenvalue weighted by Gasteiger charge is 2.04. The molecule has 62 valence electrons. The molecular weight excluding hydrogens is 172 g/mol. The second-order valence-corrected chi connectivity index (χ2v) is 2.89. The van der Waals surface area contributed by atoms with Crippen molar-refractivity contribution in [3.63, 3.8) is 0 Å². The van der Waals surface area contributed by atoms with Crippen LogP contribution >= 0.6 is 11.3 Å². The van der Waals surface area contributed by atoms with Gasteiger partial charge in [-0.05, 0) is 17.5 Å². The fraction of sp³-hybridized carbons (Fsp3) is 0. The van der Waals surface area contributed by atoms with E-state index in [1.165, 1.54) is 17.6 Å². The van der Waals surface area contributed by atoms with E-state index in [0.717, 1.165) is 0 Å². The first kappa shape index (κ1) is 8.74. The molecule has 0 radical (unpaired) electrons. The van der Waals surface area contributed by atoms with Crippen molar-refractivity contribution in [3.8, 4) is 0 Å². The van der Waals surface area contributed by atoms with Crippen LogP contribution in [0.3, 0.4) is 0 Å². The van der Waals surface area contributed by atoms with Gasteiger partial charge in [0.2, 0.25) is 0 Å². The van der Waals surface area contributed by atoms with Gasteiger partial charge in [0.15, 0.2) is 0 Å². The fourth-order valence-corrected chi connectivity index (χ4v) is 1.21. The molecule has 0 atom stereocenters. The number of hydrogen-bond acceptors (Lipinski definition) is 3. The highest BCUT2D eigenvalue weighted by Crippen LogP contribution is 2.09. The molecule has 3 heteroatoms. The van der Waals surface area contributed by atoms with Crippen LogP contribution in [0, 0.1) is 0 Å². The number of carbonyl (C=O) groups excluding carboxylic acids is 1. The topological polar surface area (TPSA) is 26.3 Å². The van der Waals surface area contributed by atoms with Gasteiger partial charge in [0, 0.05) is 0 Å². The van der Waals surface area contributed by atoms with Gasteiger partial charge in [0.05, 0.1) is 6.26 Å². The highest BCUT2D eigenvalue weighted by atomic mass is 32.1. The molecule has 0 aliphatic carbocycles. The molecule has 1 aromatic heterocycles. The van der Waals surface area contributed by atoms with Crippen LogP contribution in [0.15, 0.2) is 42.5 Å². The molecule has 0 bridgehead atoms. The Hall–Kier alpha value is -1.35. The molecule has 2 nitrogen and oxygen atoms in total. The largest absolute Gasteiger partial charge is 0.430 e. The number of rotatable bonds is 3. The van der Waals surface area contributed by atoms with Gasteiger partial charge in [0.25, 0.3) is 0 Å². The summed E-state index contributed by atoms with van der Waals surface area (Å²) in [5.41, 5.74) is 0. The molecule has 0 unspecified atom stereocenters. The summed E-state index contributed by atoms with van der Waals surface area (Å²) >= 11 is 1.35. The van der Waals surface area contributed by atoms with Gasteiger partial charge in [-0.15, -0.1) is 11.3 Å². The average Bonchev–Trinajstić information content (AvgIpc) is 2.56. The number of hydrogen-bond donors (Lipinski definition) is 0. The third-order valence-corrected chi connectivity index (χ3v) is 1.96. The summed E-state index contributed by atoms with van der Waals surface area (Å²) in [6.07, 6.45) is 4.42. The molecule has 0 saturated carbocycles. The number of thiophene rings is 1. The maximum atomic E-state index is 11.1. The molecular formula is C9H8O2S. The molecule has 1 rings (SSSR count). The monoisotopic (exact) mass is 180 g/mol. The van der Waals surface area contributed by atoms with Gasteiger partial charge in [-0.3, -0.25) is 0 Å². The summed E-state index contributed by atoms with van der Waals surface area (Å²) in [4.78, 5) is 11.7. The van der Waals surface area contributed by atoms with Crippen molar-refractivity contribution in [2.75, 3.05) is 0 Å². The third-order valence-electron chi connectivity index (χ3n) is 1.11. The molecule has 0 aromatic carbocycles. The third kappa shape index (κ3) is 2.36. The maximum Gasteiger partial charge on any atom is 0.353 e. The normalized spacial score (nSPS) is 10.0. The van der Waals surface area contributed by atoms with E-state index in [0.29, 0.717) is 4.88 Å². The molecule has 0 fully saturated rings. The predicted molar refractivity (Wildman–Crippen MR) is 49.1 cm³/mol. The van der Waals surface area contributed by atoms with Crippen molar-refractivity contribution in [1.29, 1.82) is 0 Å². The first-order valence-electron chi connectivity index (χ1n) is 3.36. The lowest BCUT2D eigenvalue weighted by molar-refractivity contribution is 0.0668. The highest BCUT2D eigenvalue weighted by molar-refractivity contribution is 7.11. The smallest absolute Gasteiger partial charge is 0.353 e. The van der Waals surface area contributed by atoms with Crippen molar-refractivity contribution in [2.24, 2.45) is 0 Å². The summed E-state index contributed by atoms with van der Waals surface area (Å²) in [6.45, 7) is 3.44. The van der Waals surface area contributed by atoms with E-state index in [1.807, 2.05) is 5.38 Å². The molecule has 1 heterocycles. The van der Waals surface area contributed by atoms with Crippen molar-refractivity contribution in [2.45, 2.75) is 0 Å². The van der Waals surface area contributed by atoms with Crippen molar-refractivity contribution >= 4 is 17.3 Å². The molecule has 0 amide bonds. The quantitative estimate of drug-likeness (QED) is 0.406. The van der Waals surface area contributed by atoms with E-state index in [-0.39, 0.29) is 5.97 Å². The predicted octanol–water partition coefficient (Wildman–Crippen LogP) is 2.60. The second-order valence-electron chi connectivity index (χ2n) is 1.95. The Bertz CT molecular complexity index is 285. The minimum atomic E-state index is -0.330. The molecule has 1 aromatic rings. The van der Waals surface area contributed by atoms with E-state index in [4.69, 9.17) is 4.74 Å². The first-order chi connectivity index (χ1) is 5.84. The summed E-state index contributed by atoms with van der Waals surface area (Å²) < 4.78 is 4.75. The van der Waals surface area contributed by atoms with Crippen LogP contribution in [0.25, 0.3) is 0 Å². The van der Waals surface area contributed by atoms with Gasteiger partial charge >= 0.3 is 5.97 Å². The molecule has 12 heavy (non-hydrogen) atoms. The number of allylic oxidation sites excluding steroid dienone is 2. The van der Waals surface area contributed by atoms with Crippen molar-refractivity contribution in [1.82, 2.24) is 0 Å². The van der Waals surface area contributed by atoms with E-state index < -0.39 is 0 Å². The van der Waals surface area contributed by atoms with Gasteiger partial charge in [-0.25, -0.2) is 4.79 Å². The maximum absolute atomic E-state index is 11.1. The zero-order chi connectivity index (χ0) is 8.81. The lowest BCUT2D eigenvalue weighted by atomic mass is 10.5. The fourth-order valence-electron chi connectivity index (χ4n) is 0.609. The van der Waals surface area contributed by atoms with E-state index in [2.05, 4.69) is 6.58 Å². The lowest BCUT2D eigenvalue weighted by Crippen LogP contribution is -1.96. The number of esters is 1. The van der Waals surface area contributed by atoms with Crippen molar-refractivity contribution < 1.29 is 9.53 Å². The van der Waals surface area contributed by atoms with Crippen LogP contribution in [-0.2, 0) is 4.74 Å². The van der Waals surface area contributed by atoms with Crippen LogP contribution in [0.5, 0.6) is 0 Å². The van der Waals surface area contributed by atoms with Crippen LogP contribution in [0.4, 0.5) is 0 Å². The summed E-state index contributed by atoms with van der Waals surface area (Å²) in [7, 11) is 0. The van der Waals surface area contributed by atoms with Gasteiger partial charge in [-0.1, -0.05) is 18.7 Å². The SMILES string of the molecule is C=CC=COC(=O)c1cccs1. The Morgan fingerprint density at radius 1 is 1.67 bits per heavy atom. The lowest BCUT2D eigenvalue weighted by Gasteiger charge is -1.92. The van der Waals surface area contributed by atoms with Crippen LogP contribution in [0.2, 0.25) is 0 Å². The van der Waals surface area contributed by atoms with Crippen LogP contribution in [0.1, 0.15) is 9.67 Å². The Kier molecular flexibility index (Phi) is 3.29. The Balaban J connectivity index is 2.50. The van der Waals surface area contributed by atoms with Gasteiger partial charge in [0.1, 0.15) is 4.88 Å². The van der Waals surface area contributed by atoms with Crippen LogP contribution in [-0.4, -0.2) is 5.97 Å². The average molecular weight is 180 g/mol. The van der Waals surface area contributed by atoms with E-state index in [9.17, 15) is 4.79 Å². The minimum Gasteiger partial charge on any atom is -0.430 e. The Labute approximate surface area is 74.8 Å². The zero-order valence-corrected chi connectivity index (χ0v) is 7.21. The first-order valence-corrected chi connectivity index (χ1v) is 4.24. The second kappa shape index (κ2) is 4.51. The van der Waals surface area contributed by atoms with Gasteiger partial charge in [-0.2, -0.15) is 0 Å². The minimum absolute atomic E-state index is 0.330. The Morgan fingerprint density at radius 3 is 3.08 bits per heavy atom. The summed E-state index contributed by atoms with van der Waals surface area (Å²) in [6, 6.07) is 3.52. The standard InChI is InChI=1S/C9H8O2S/c1-2-3-6-11-9(10)8-5-4-7-12-8/h2-7H,1H2. The number of ether oxygens (including phenoxy) is 1.